The molecule has 0 spiro atoms. The summed E-state index contributed by atoms with van der Waals surface area (Å²) in [4.78, 5) is 15.9. The monoisotopic (exact) mass is 289 g/mol. The van der Waals surface area contributed by atoms with Gasteiger partial charge in [0.25, 0.3) is 5.91 Å². The minimum Gasteiger partial charge on any atom is -0.335 e. The number of aryl methyl sites for hydroxylation is 1. The van der Waals surface area contributed by atoms with Crippen molar-refractivity contribution in [3.05, 3.63) is 29.3 Å². The number of benzene rings is 1. The maximum Gasteiger partial charge on any atom is 0.254 e. The zero-order valence-electron chi connectivity index (χ0n) is 12.1. The lowest BCUT2D eigenvalue weighted by molar-refractivity contribution is 0.0688. The molecule has 2 aliphatic rings. The van der Waals surface area contributed by atoms with Crippen LogP contribution in [0.2, 0.25) is 0 Å². The first-order valence-corrected chi connectivity index (χ1v) is 8.22. The Bertz CT molecular complexity index is 508. The maximum absolute atomic E-state index is 12.9. The fourth-order valence-corrected chi connectivity index (χ4v) is 4.08. The molecule has 1 aliphatic heterocycles. The molecule has 0 N–H and O–H groups in total. The highest BCUT2D eigenvalue weighted by Gasteiger charge is 2.36. The third kappa shape index (κ3) is 2.60. The van der Waals surface area contributed by atoms with Crippen LogP contribution in [0.25, 0.3) is 0 Å². The van der Waals surface area contributed by atoms with E-state index in [1.54, 1.807) is 0 Å². The Morgan fingerprint density at radius 1 is 1.20 bits per heavy atom. The Kier molecular flexibility index (Phi) is 4.06. The molecule has 1 saturated carbocycles. The van der Waals surface area contributed by atoms with Crippen LogP contribution in [0, 0.1) is 12.8 Å². The predicted molar refractivity (Wildman–Crippen MR) is 84.4 cm³/mol. The molecule has 1 atom stereocenters. The number of nitrogens with zero attached hydrogens (tertiary/aromatic N) is 1. The van der Waals surface area contributed by atoms with Gasteiger partial charge < -0.3 is 4.90 Å². The van der Waals surface area contributed by atoms with Crippen LogP contribution in [0.15, 0.2) is 23.1 Å². The van der Waals surface area contributed by atoms with Gasteiger partial charge in [0, 0.05) is 23.0 Å². The van der Waals surface area contributed by atoms with E-state index >= 15 is 0 Å². The van der Waals surface area contributed by atoms with Crippen LogP contribution < -0.4 is 0 Å². The average Bonchev–Trinajstić information content (AvgIpc) is 3.10. The van der Waals surface area contributed by atoms with Crippen molar-refractivity contribution in [2.24, 2.45) is 5.92 Å². The second kappa shape index (κ2) is 5.80. The van der Waals surface area contributed by atoms with Crippen molar-refractivity contribution in [2.75, 3.05) is 6.54 Å². The van der Waals surface area contributed by atoms with Crippen molar-refractivity contribution in [1.82, 2.24) is 4.90 Å². The lowest BCUT2D eigenvalue weighted by Gasteiger charge is -2.30. The van der Waals surface area contributed by atoms with E-state index in [-0.39, 0.29) is 5.91 Å². The number of carbonyl (C=O) groups excluding carboxylic acids is 1. The summed E-state index contributed by atoms with van der Waals surface area (Å²) < 4.78 is 0. The highest BCUT2D eigenvalue weighted by molar-refractivity contribution is 7.80. The zero-order valence-corrected chi connectivity index (χ0v) is 13.0. The maximum atomic E-state index is 12.9. The van der Waals surface area contributed by atoms with Crippen molar-refractivity contribution < 1.29 is 4.79 Å². The third-order valence-electron chi connectivity index (χ3n) is 4.96. The van der Waals surface area contributed by atoms with E-state index in [9.17, 15) is 4.79 Å². The SMILES string of the molecule is Cc1ccc(S)cc1C(=O)N1CCCC1C1CCCC1. The smallest absolute Gasteiger partial charge is 0.254 e. The molecule has 1 aromatic rings. The van der Waals surface area contributed by atoms with Crippen molar-refractivity contribution >= 4 is 18.5 Å². The first-order chi connectivity index (χ1) is 9.66. The fourth-order valence-electron chi connectivity index (χ4n) is 3.87. The Hall–Kier alpha value is -0.960. The number of likely N-dealkylation sites (tertiary alicyclic amines) is 1. The first-order valence-electron chi connectivity index (χ1n) is 7.77. The largest absolute Gasteiger partial charge is 0.335 e. The van der Waals surface area contributed by atoms with Gasteiger partial charge in [0.1, 0.15) is 0 Å². The number of thiol groups is 1. The molecule has 1 saturated heterocycles. The topological polar surface area (TPSA) is 20.3 Å². The van der Waals surface area contributed by atoms with E-state index < -0.39 is 0 Å². The summed E-state index contributed by atoms with van der Waals surface area (Å²) >= 11 is 4.38. The molecule has 1 amide bonds. The van der Waals surface area contributed by atoms with Crippen LogP contribution in [-0.4, -0.2) is 23.4 Å². The molecule has 1 aliphatic carbocycles. The molecule has 3 rings (SSSR count). The van der Waals surface area contributed by atoms with Gasteiger partial charge in [-0.3, -0.25) is 4.79 Å². The van der Waals surface area contributed by atoms with Crippen LogP contribution in [0.4, 0.5) is 0 Å². The summed E-state index contributed by atoms with van der Waals surface area (Å²) in [6, 6.07) is 6.35. The quantitative estimate of drug-likeness (QED) is 0.813. The molecule has 20 heavy (non-hydrogen) atoms. The molecule has 1 heterocycles. The van der Waals surface area contributed by atoms with Gasteiger partial charge in [-0.15, -0.1) is 12.6 Å². The van der Waals surface area contributed by atoms with Crippen LogP contribution in [0.3, 0.4) is 0 Å². The van der Waals surface area contributed by atoms with E-state index in [1.165, 1.54) is 32.1 Å². The van der Waals surface area contributed by atoms with Crippen LogP contribution >= 0.6 is 12.6 Å². The van der Waals surface area contributed by atoms with Crippen molar-refractivity contribution in [2.45, 2.75) is 56.4 Å². The highest BCUT2D eigenvalue weighted by atomic mass is 32.1. The predicted octanol–water partition coefficient (Wildman–Crippen LogP) is 4.08. The normalized spacial score (nSPS) is 23.5. The fraction of sp³-hybridized carbons (Fsp3) is 0.588. The van der Waals surface area contributed by atoms with Gasteiger partial charge in [0.15, 0.2) is 0 Å². The minimum atomic E-state index is 0.216. The number of hydrogen-bond donors (Lipinski definition) is 1. The van der Waals surface area contributed by atoms with Gasteiger partial charge in [0.05, 0.1) is 0 Å². The molecule has 1 unspecified atom stereocenters. The van der Waals surface area contributed by atoms with Gasteiger partial charge >= 0.3 is 0 Å². The molecule has 1 aromatic carbocycles. The summed E-state index contributed by atoms with van der Waals surface area (Å²) in [5.41, 5.74) is 1.90. The van der Waals surface area contributed by atoms with Crippen molar-refractivity contribution in [3.8, 4) is 0 Å². The average molecular weight is 289 g/mol. The highest BCUT2D eigenvalue weighted by Crippen LogP contribution is 2.36. The summed E-state index contributed by atoms with van der Waals surface area (Å²) in [6.07, 6.45) is 7.64. The lowest BCUT2D eigenvalue weighted by Crippen LogP contribution is -2.39. The van der Waals surface area contributed by atoms with Gasteiger partial charge in [-0.25, -0.2) is 0 Å². The number of rotatable bonds is 2. The Morgan fingerprint density at radius 2 is 1.95 bits per heavy atom. The molecule has 2 nitrogen and oxygen atoms in total. The second-order valence-corrected chi connectivity index (χ2v) is 6.77. The summed E-state index contributed by atoms with van der Waals surface area (Å²) in [6.45, 7) is 2.94. The van der Waals surface area contributed by atoms with Gasteiger partial charge in [-0.2, -0.15) is 0 Å². The van der Waals surface area contributed by atoms with E-state index in [4.69, 9.17) is 0 Å². The van der Waals surface area contributed by atoms with Gasteiger partial charge in [-0.1, -0.05) is 18.9 Å². The molecule has 0 aromatic heterocycles. The van der Waals surface area contributed by atoms with E-state index in [2.05, 4.69) is 17.5 Å². The molecular weight excluding hydrogens is 266 g/mol. The number of hydrogen-bond acceptors (Lipinski definition) is 2. The van der Waals surface area contributed by atoms with Crippen molar-refractivity contribution in [1.29, 1.82) is 0 Å². The minimum absolute atomic E-state index is 0.216. The number of carbonyl (C=O) groups is 1. The van der Waals surface area contributed by atoms with Crippen molar-refractivity contribution in [3.63, 3.8) is 0 Å². The summed E-state index contributed by atoms with van der Waals surface area (Å²) in [7, 11) is 0. The number of amides is 1. The van der Waals surface area contributed by atoms with Gasteiger partial charge in [0.2, 0.25) is 0 Å². The second-order valence-electron chi connectivity index (χ2n) is 6.25. The lowest BCUT2D eigenvalue weighted by atomic mass is 9.95. The van der Waals surface area contributed by atoms with Crippen LogP contribution in [0.1, 0.15) is 54.4 Å². The first kappa shape index (κ1) is 14.0. The van der Waals surface area contributed by atoms with E-state index in [1.807, 2.05) is 25.1 Å². The van der Waals surface area contributed by atoms with Crippen LogP contribution in [0.5, 0.6) is 0 Å². The Morgan fingerprint density at radius 3 is 2.70 bits per heavy atom. The third-order valence-corrected chi connectivity index (χ3v) is 5.23. The molecule has 108 valence electrons. The van der Waals surface area contributed by atoms with E-state index in [0.717, 1.165) is 34.9 Å². The molecule has 0 bridgehead atoms. The zero-order chi connectivity index (χ0) is 14.1. The summed E-state index contributed by atoms with van der Waals surface area (Å²) in [5, 5.41) is 0. The Balaban J connectivity index is 1.83. The Labute approximate surface area is 127 Å². The summed E-state index contributed by atoms with van der Waals surface area (Å²) in [5.74, 6) is 0.953. The van der Waals surface area contributed by atoms with Crippen LogP contribution in [-0.2, 0) is 0 Å². The van der Waals surface area contributed by atoms with E-state index in [0.29, 0.717) is 6.04 Å². The molecule has 3 heteroatoms. The standard InChI is InChI=1S/C17H23NOS/c1-12-8-9-14(20)11-15(12)17(19)18-10-4-7-16(18)13-5-2-3-6-13/h8-9,11,13,16,20H,2-7,10H2,1H3. The molecular formula is C17H23NOS. The molecule has 0 radical (unpaired) electrons. The van der Waals surface area contributed by atoms with Gasteiger partial charge in [-0.05, 0) is 56.2 Å². The molecule has 2 fully saturated rings.